The quantitative estimate of drug-likeness (QED) is 0.889. The Kier molecular flexibility index (Phi) is 5.35. The Hall–Kier alpha value is -2.08. The predicted octanol–water partition coefficient (Wildman–Crippen LogP) is 2.29. The maximum atomic E-state index is 12.5. The van der Waals surface area contributed by atoms with Gasteiger partial charge in [0.05, 0.1) is 6.10 Å². The van der Waals surface area contributed by atoms with Crippen molar-refractivity contribution in [1.29, 1.82) is 0 Å². The molecule has 2 saturated heterocycles. The molecule has 24 heavy (non-hydrogen) atoms. The number of hydrogen-bond acceptors (Lipinski definition) is 3. The van der Waals surface area contributed by atoms with Gasteiger partial charge >= 0.3 is 6.03 Å². The first-order valence-electron chi connectivity index (χ1n) is 8.67. The van der Waals surface area contributed by atoms with E-state index in [0.29, 0.717) is 19.5 Å². The van der Waals surface area contributed by atoms with Crippen LogP contribution in [0, 0.1) is 6.92 Å². The van der Waals surface area contributed by atoms with Crippen molar-refractivity contribution in [2.24, 2.45) is 0 Å². The Morgan fingerprint density at radius 1 is 1.21 bits per heavy atom. The van der Waals surface area contributed by atoms with Gasteiger partial charge in [-0.2, -0.15) is 0 Å². The largest absolute Gasteiger partial charge is 0.376 e. The molecule has 3 rings (SSSR count). The third-order valence-electron chi connectivity index (χ3n) is 4.65. The minimum absolute atomic E-state index is 0.0814. The van der Waals surface area contributed by atoms with Crippen molar-refractivity contribution < 1.29 is 14.3 Å². The van der Waals surface area contributed by atoms with E-state index in [1.807, 2.05) is 31.2 Å². The van der Waals surface area contributed by atoms with E-state index in [0.717, 1.165) is 37.1 Å². The van der Waals surface area contributed by atoms with Gasteiger partial charge in [-0.05, 0) is 44.7 Å². The lowest BCUT2D eigenvalue weighted by atomic mass is 10.2. The molecule has 2 N–H and O–H groups in total. The monoisotopic (exact) mass is 331 g/mol. The van der Waals surface area contributed by atoms with Crippen LogP contribution in [0.4, 0.5) is 10.5 Å². The standard InChI is InChI=1S/C18H25N3O3/c1-13-6-8-14(9-7-13)20-18(23)21-10-2-5-16(21)17(22)19-12-15-4-3-11-24-15/h6-9,15-16H,2-5,10-12H2,1H3,(H,19,22)(H,20,23)/t15-,16+/m0/s1. The van der Waals surface area contributed by atoms with Gasteiger partial charge in [0.15, 0.2) is 0 Å². The molecule has 3 amide bonds. The van der Waals surface area contributed by atoms with Crippen LogP contribution in [0.5, 0.6) is 0 Å². The number of aryl methyl sites for hydroxylation is 1. The molecule has 1 aromatic carbocycles. The molecule has 2 heterocycles. The summed E-state index contributed by atoms with van der Waals surface area (Å²) in [5.41, 5.74) is 1.89. The molecule has 0 unspecified atom stereocenters. The molecule has 2 atom stereocenters. The number of carbonyl (C=O) groups excluding carboxylic acids is 2. The summed E-state index contributed by atoms with van der Waals surface area (Å²) in [4.78, 5) is 26.5. The zero-order valence-corrected chi connectivity index (χ0v) is 14.1. The first-order valence-corrected chi connectivity index (χ1v) is 8.67. The average molecular weight is 331 g/mol. The third-order valence-corrected chi connectivity index (χ3v) is 4.65. The minimum Gasteiger partial charge on any atom is -0.376 e. The summed E-state index contributed by atoms with van der Waals surface area (Å²) < 4.78 is 5.52. The van der Waals surface area contributed by atoms with Crippen LogP contribution in [0.3, 0.4) is 0 Å². The predicted molar refractivity (Wildman–Crippen MR) is 91.9 cm³/mol. The Morgan fingerprint density at radius 2 is 2.00 bits per heavy atom. The molecule has 0 aliphatic carbocycles. The van der Waals surface area contributed by atoms with Crippen LogP contribution in [0.2, 0.25) is 0 Å². The van der Waals surface area contributed by atoms with Crippen LogP contribution in [-0.2, 0) is 9.53 Å². The minimum atomic E-state index is -0.392. The summed E-state index contributed by atoms with van der Waals surface area (Å²) in [6.07, 6.45) is 3.71. The number of amides is 3. The van der Waals surface area contributed by atoms with Gasteiger partial charge in [0.1, 0.15) is 6.04 Å². The van der Waals surface area contributed by atoms with E-state index >= 15 is 0 Å². The number of likely N-dealkylation sites (tertiary alicyclic amines) is 1. The summed E-state index contributed by atoms with van der Waals surface area (Å²) >= 11 is 0. The molecule has 130 valence electrons. The summed E-state index contributed by atoms with van der Waals surface area (Å²) in [7, 11) is 0. The fraction of sp³-hybridized carbons (Fsp3) is 0.556. The molecule has 0 radical (unpaired) electrons. The first kappa shape index (κ1) is 16.8. The number of nitrogens with zero attached hydrogens (tertiary/aromatic N) is 1. The molecular weight excluding hydrogens is 306 g/mol. The van der Waals surface area contributed by atoms with E-state index in [1.54, 1.807) is 4.90 Å². The molecule has 6 nitrogen and oxygen atoms in total. The maximum Gasteiger partial charge on any atom is 0.322 e. The molecule has 2 aliphatic heterocycles. The molecule has 1 aromatic rings. The van der Waals surface area contributed by atoms with Crippen molar-refractivity contribution in [2.45, 2.75) is 44.8 Å². The zero-order chi connectivity index (χ0) is 16.9. The van der Waals surface area contributed by atoms with Gasteiger partial charge in [-0.1, -0.05) is 17.7 Å². The normalized spacial score (nSPS) is 23.3. The van der Waals surface area contributed by atoms with Gasteiger partial charge in [-0.3, -0.25) is 4.79 Å². The fourth-order valence-corrected chi connectivity index (χ4v) is 3.25. The van der Waals surface area contributed by atoms with E-state index in [2.05, 4.69) is 10.6 Å². The SMILES string of the molecule is Cc1ccc(NC(=O)N2CCC[C@@H]2C(=O)NC[C@@H]2CCCO2)cc1. The van der Waals surface area contributed by atoms with Crippen molar-refractivity contribution in [1.82, 2.24) is 10.2 Å². The third kappa shape index (κ3) is 4.06. The summed E-state index contributed by atoms with van der Waals surface area (Å²) in [5.74, 6) is -0.0814. The highest BCUT2D eigenvalue weighted by atomic mass is 16.5. The van der Waals surface area contributed by atoms with Crippen LogP contribution in [0.1, 0.15) is 31.2 Å². The van der Waals surface area contributed by atoms with Gasteiger partial charge in [-0.25, -0.2) is 4.79 Å². The second-order valence-electron chi connectivity index (χ2n) is 6.53. The fourth-order valence-electron chi connectivity index (χ4n) is 3.25. The molecule has 2 fully saturated rings. The smallest absolute Gasteiger partial charge is 0.322 e. The van der Waals surface area contributed by atoms with Crippen LogP contribution in [0.25, 0.3) is 0 Å². The van der Waals surface area contributed by atoms with Crippen LogP contribution < -0.4 is 10.6 Å². The van der Waals surface area contributed by atoms with Gasteiger partial charge in [-0.15, -0.1) is 0 Å². The zero-order valence-electron chi connectivity index (χ0n) is 14.1. The Bertz CT molecular complexity index is 582. The Morgan fingerprint density at radius 3 is 2.71 bits per heavy atom. The molecule has 6 heteroatoms. The highest BCUT2D eigenvalue weighted by Gasteiger charge is 2.34. The Labute approximate surface area is 142 Å². The maximum absolute atomic E-state index is 12.5. The second-order valence-corrected chi connectivity index (χ2v) is 6.53. The number of carbonyl (C=O) groups is 2. The van der Waals surface area contributed by atoms with Gasteiger partial charge < -0.3 is 20.3 Å². The second kappa shape index (κ2) is 7.66. The van der Waals surface area contributed by atoms with Crippen LogP contribution >= 0.6 is 0 Å². The van der Waals surface area contributed by atoms with Crippen molar-refractivity contribution in [3.8, 4) is 0 Å². The number of nitrogens with one attached hydrogen (secondary N) is 2. The number of rotatable bonds is 4. The lowest BCUT2D eigenvalue weighted by Gasteiger charge is -2.24. The molecule has 0 bridgehead atoms. The van der Waals surface area contributed by atoms with Gasteiger partial charge in [0, 0.05) is 25.4 Å². The lowest BCUT2D eigenvalue weighted by molar-refractivity contribution is -0.125. The van der Waals surface area contributed by atoms with E-state index in [4.69, 9.17) is 4.74 Å². The van der Waals surface area contributed by atoms with E-state index in [9.17, 15) is 9.59 Å². The number of benzene rings is 1. The molecule has 0 spiro atoms. The lowest BCUT2D eigenvalue weighted by Crippen LogP contribution is -2.48. The van der Waals surface area contributed by atoms with E-state index in [-0.39, 0.29) is 18.0 Å². The molecule has 0 saturated carbocycles. The molecule has 0 aromatic heterocycles. The van der Waals surface area contributed by atoms with Crippen LogP contribution in [-0.4, -0.2) is 48.7 Å². The highest BCUT2D eigenvalue weighted by molar-refractivity contribution is 5.94. The number of hydrogen-bond donors (Lipinski definition) is 2. The highest BCUT2D eigenvalue weighted by Crippen LogP contribution is 2.20. The first-order chi connectivity index (χ1) is 11.6. The summed E-state index contributed by atoms with van der Waals surface area (Å²) in [6, 6.07) is 7.04. The average Bonchev–Trinajstić information content (AvgIpc) is 3.26. The van der Waals surface area contributed by atoms with Gasteiger partial charge in [0.25, 0.3) is 0 Å². The number of ether oxygens (including phenoxy) is 1. The summed E-state index contributed by atoms with van der Waals surface area (Å²) in [5, 5.41) is 5.81. The molecule has 2 aliphatic rings. The van der Waals surface area contributed by atoms with E-state index < -0.39 is 6.04 Å². The number of anilines is 1. The topological polar surface area (TPSA) is 70.7 Å². The van der Waals surface area contributed by atoms with Crippen molar-refractivity contribution in [3.63, 3.8) is 0 Å². The van der Waals surface area contributed by atoms with Crippen molar-refractivity contribution >= 4 is 17.6 Å². The van der Waals surface area contributed by atoms with Gasteiger partial charge in [0.2, 0.25) is 5.91 Å². The number of urea groups is 1. The molecular formula is C18H25N3O3. The Balaban J connectivity index is 1.54. The van der Waals surface area contributed by atoms with Crippen LogP contribution in [0.15, 0.2) is 24.3 Å². The van der Waals surface area contributed by atoms with Crippen molar-refractivity contribution in [2.75, 3.05) is 25.0 Å². The summed E-state index contributed by atoms with van der Waals surface area (Å²) in [6.45, 7) is 3.91. The van der Waals surface area contributed by atoms with E-state index in [1.165, 1.54) is 0 Å². The van der Waals surface area contributed by atoms with Crippen molar-refractivity contribution in [3.05, 3.63) is 29.8 Å².